The number of piperidine rings is 1. The third-order valence-electron chi connectivity index (χ3n) is 3.70. The fraction of sp³-hybridized carbons (Fsp3) is 0.467. The zero-order chi connectivity index (χ0) is 14.5. The molecule has 0 radical (unpaired) electrons. The molecule has 0 spiro atoms. The number of benzene rings is 1. The van der Waals surface area contributed by atoms with Crippen LogP contribution in [0, 0.1) is 5.92 Å². The standard InChI is InChI=1S/C15H19BrN2O2/c1-11(19)18-7-5-12(6-8-18)10-17-15(20)13-3-2-4-14(16)9-13/h2-4,9,12H,5-8,10H2,1H3,(H,17,20). The van der Waals surface area contributed by atoms with Crippen molar-refractivity contribution in [2.45, 2.75) is 19.8 Å². The summed E-state index contributed by atoms with van der Waals surface area (Å²) in [6.07, 6.45) is 1.91. The maximum absolute atomic E-state index is 12.0. The maximum atomic E-state index is 12.0. The lowest BCUT2D eigenvalue weighted by atomic mass is 9.96. The summed E-state index contributed by atoms with van der Waals surface area (Å²) in [6, 6.07) is 7.37. The second-order valence-corrected chi connectivity index (χ2v) is 6.09. The van der Waals surface area contributed by atoms with E-state index in [1.54, 1.807) is 13.0 Å². The lowest BCUT2D eigenvalue weighted by Crippen LogP contribution is -2.40. The third kappa shape index (κ3) is 4.07. The first-order chi connectivity index (χ1) is 9.56. The molecule has 1 aromatic rings. The van der Waals surface area contributed by atoms with Gasteiger partial charge in [0.25, 0.3) is 5.91 Å². The molecule has 0 atom stereocenters. The van der Waals surface area contributed by atoms with Crippen LogP contribution in [0.2, 0.25) is 0 Å². The Hall–Kier alpha value is -1.36. The van der Waals surface area contributed by atoms with Gasteiger partial charge in [-0.25, -0.2) is 0 Å². The predicted molar refractivity (Wildman–Crippen MR) is 81.5 cm³/mol. The van der Waals surface area contributed by atoms with Gasteiger partial charge < -0.3 is 10.2 Å². The van der Waals surface area contributed by atoms with Crippen LogP contribution in [-0.4, -0.2) is 36.3 Å². The Labute approximate surface area is 127 Å². The molecule has 1 N–H and O–H groups in total. The minimum atomic E-state index is -0.0414. The van der Waals surface area contributed by atoms with Crippen molar-refractivity contribution < 1.29 is 9.59 Å². The molecule has 1 saturated heterocycles. The zero-order valence-corrected chi connectivity index (χ0v) is 13.1. The molecule has 0 unspecified atom stereocenters. The molecule has 1 aliphatic rings. The molecule has 108 valence electrons. The summed E-state index contributed by atoms with van der Waals surface area (Å²) in [5, 5.41) is 2.98. The zero-order valence-electron chi connectivity index (χ0n) is 11.6. The van der Waals surface area contributed by atoms with Crippen molar-refractivity contribution in [2.24, 2.45) is 5.92 Å². The molecule has 0 saturated carbocycles. The number of halogens is 1. The lowest BCUT2D eigenvalue weighted by molar-refractivity contribution is -0.130. The highest BCUT2D eigenvalue weighted by atomic mass is 79.9. The second kappa shape index (κ2) is 6.88. The van der Waals surface area contributed by atoms with Gasteiger partial charge in [0.15, 0.2) is 0 Å². The molecule has 1 fully saturated rings. The smallest absolute Gasteiger partial charge is 0.251 e. The van der Waals surface area contributed by atoms with E-state index in [1.165, 1.54) is 0 Å². The quantitative estimate of drug-likeness (QED) is 0.920. The topological polar surface area (TPSA) is 49.4 Å². The number of hydrogen-bond donors (Lipinski definition) is 1. The molecule has 1 aliphatic heterocycles. The Balaban J connectivity index is 1.79. The highest BCUT2D eigenvalue weighted by molar-refractivity contribution is 9.10. The second-order valence-electron chi connectivity index (χ2n) is 5.17. The summed E-state index contributed by atoms with van der Waals surface area (Å²) >= 11 is 3.36. The van der Waals surface area contributed by atoms with Gasteiger partial charge in [0, 0.05) is 36.6 Å². The monoisotopic (exact) mass is 338 g/mol. The summed E-state index contributed by atoms with van der Waals surface area (Å²) in [5.41, 5.74) is 0.667. The van der Waals surface area contributed by atoms with Crippen LogP contribution in [0.5, 0.6) is 0 Å². The van der Waals surface area contributed by atoms with Crippen LogP contribution < -0.4 is 5.32 Å². The van der Waals surface area contributed by atoms with Crippen LogP contribution in [0.4, 0.5) is 0 Å². The molecular weight excluding hydrogens is 320 g/mol. The molecule has 0 aliphatic carbocycles. The SMILES string of the molecule is CC(=O)N1CCC(CNC(=O)c2cccc(Br)c2)CC1. The van der Waals surface area contributed by atoms with E-state index < -0.39 is 0 Å². The minimum absolute atomic E-state index is 0.0414. The summed E-state index contributed by atoms with van der Waals surface area (Å²) < 4.78 is 0.903. The van der Waals surface area contributed by atoms with Gasteiger partial charge in [0.05, 0.1) is 0 Å². The van der Waals surface area contributed by atoms with Crippen molar-refractivity contribution in [1.29, 1.82) is 0 Å². The molecule has 5 heteroatoms. The highest BCUT2D eigenvalue weighted by Gasteiger charge is 2.21. The molecular formula is C15H19BrN2O2. The van der Waals surface area contributed by atoms with Gasteiger partial charge in [-0.3, -0.25) is 9.59 Å². The van der Waals surface area contributed by atoms with E-state index in [1.807, 2.05) is 23.1 Å². The Kier molecular flexibility index (Phi) is 5.17. The van der Waals surface area contributed by atoms with Crippen molar-refractivity contribution >= 4 is 27.7 Å². The van der Waals surface area contributed by atoms with Gasteiger partial charge in [0.1, 0.15) is 0 Å². The summed E-state index contributed by atoms with van der Waals surface area (Å²) in [5.74, 6) is 0.559. The average Bonchev–Trinajstić information content (AvgIpc) is 2.45. The van der Waals surface area contributed by atoms with Gasteiger partial charge in [-0.1, -0.05) is 22.0 Å². The fourth-order valence-electron chi connectivity index (χ4n) is 2.42. The minimum Gasteiger partial charge on any atom is -0.352 e. The Morgan fingerprint density at radius 2 is 2.05 bits per heavy atom. The Morgan fingerprint density at radius 3 is 2.65 bits per heavy atom. The van der Waals surface area contributed by atoms with Crippen LogP contribution >= 0.6 is 15.9 Å². The number of rotatable bonds is 3. The summed E-state index contributed by atoms with van der Waals surface area (Å²) in [6.45, 7) is 3.88. The fourth-order valence-corrected chi connectivity index (χ4v) is 2.82. The van der Waals surface area contributed by atoms with E-state index in [9.17, 15) is 9.59 Å². The van der Waals surface area contributed by atoms with Gasteiger partial charge in [-0.05, 0) is 37.0 Å². The number of likely N-dealkylation sites (tertiary alicyclic amines) is 1. The first kappa shape index (κ1) is 15.0. The first-order valence-corrected chi connectivity index (χ1v) is 7.65. The van der Waals surface area contributed by atoms with Crippen LogP contribution in [0.15, 0.2) is 28.7 Å². The van der Waals surface area contributed by atoms with Crippen LogP contribution in [0.1, 0.15) is 30.1 Å². The molecule has 20 heavy (non-hydrogen) atoms. The van der Waals surface area contributed by atoms with E-state index in [2.05, 4.69) is 21.2 Å². The average molecular weight is 339 g/mol. The molecule has 2 amide bonds. The summed E-state index contributed by atoms with van der Waals surface area (Å²) in [7, 11) is 0. The first-order valence-electron chi connectivity index (χ1n) is 6.85. The van der Waals surface area contributed by atoms with Crippen LogP contribution in [0.25, 0.3) is 0 Å². The number of carbonyl (C=O) groups excluding carboxylic acids is 2. The molecule has 1 heterocycles. The molecule has 1 aromatic carbocycles. The number of nitrogens with one attached hydrogen (secondary N) is 1. The molecule has 2 rings (SSSR count). The Morgan fingerprint density at radius 1 is 1.35 bits per heavy atom. The Bertz CT molecular complexity index is 496. The molecule has 0 aromatic heterocycles. The number of carbonyl (C=O) groups is 2. The number of amides is 2. The van der Waals surface area contributed by atoms with Gasteiger partial charge >= 0.3 is 0 Å². The maximum Gasteiger partial charge on any atom is 0.251 e. The van der Waals surface area contributed by atoms with Gasteiger partial charge in [0.2, 0.25) is 5.91 Å². The van der Waals surface area contributed by atoms with E-state index in [-0.39, 0.29) is 11.8 Å². The molecule has 4 nitrogen and oxygen atoms in total. The molecule has 0 bridgehead atoms. The largest absolute Gasteiger partial charge is 0.352 e. The van der Waals surface area contributed by atoms with Crippen molar-refractivity contribution in [3.05, 3.63) is 34.3 Å². The van der Waals surface area contributed by atoms with Crippen molar-refractivity contribution in [1.82, 2.24) is 10.2 Å². The normalized spacial score (nSPS) is 16.0. The third-order valence-corrected chi connectivity index (χ3v) is 4.19. The van der Waals surface area contributed by atoms with E-state index in [0.29, 0.717) is 18.0 Å². The van der Waals surface area contributed by atoms with Gasteiger partial charge in [-0.15, -0.1) is 0 Å². The summed E-state index contributed by atoms with van der Waals surface area (Å²) in [4.78, 5) is 25.1. The number of hydrogen-bond acceptors (Lipinski definition) is 2. The predicted octanol–water partition coefficient (Wildman–Crippen LogP) is 2.44. The van der Waals surface area contributed by atoms with Gasteiger partial charge in [-0.2, -0.15) is 0 Å². The van der Waals surface area contributed by atoms with Crippen molar-refractivity contribution in [3.8, 4) is 0 Å². The highest BCUT2D eigenvalue weighted by Crippen LogP contribution is 2.17. The van der Waals surface area contributed by atoms with Crippen molar-refractivity contribution in [2.75, 3.05) is 19.6 Å². The van der Waals surface area contributed by atoms with E-state index in [0.717, 1.165) is 30.4 Å². The van der Waals surface area contributed by atoms with Crippen molar-refractivity contribution in [3.63, 3.8) is 0 Å². The van der Waals surface area contributed by atoms with E-state index in [4.69, 9.17) is 0 Å². The lowest BCUT2D eigenvalue weighted by Gasteiger charge is -2.31. The van der Waals surface area contributed by atoms with Crippen LogP contribution in [-0.2, 0) is 4.79 Å². The number of nitrogens with zero attached hydrogens (tertiary/aromatic N) is 1. The van der Waals surface area contributed by atoms with E-state index >= 15 is 0 Å². The van der Waals surface area contributed by atoms with Crippen LogP contribution in [0.3, 0.4) is 0 Å².